The van der Waals surface area contributed by atoms with Gasteiger partial charge in [-0.25, -0.2) is 4.79 Å². The quantitative estimate of drug-likeness (QED) is 0.758. The Kier molecular flexibility index (Phi) is 6.52. The Morgan fingerprint density at radius 2 is 2.08 bits per heavy atom. The van der Waals surface area contributed by atoms with Crippen molar-refractivity contribution in [2.45, 2.75) is 26.3 Å². The minimum Gasteiger partial charge on any atom is -0.462 e. The molecule has 25 heavy (non-hydrogen) atoms. The van der Waals surface area contributed by atoms with Crippen molar-refractivity contribution in [1.82, 2.24) is 4.90 Å². The van der Waals surface area contributed by atoms with Crippen molar-refractivity contribution in [2.24, 2.45) is 5.92 Å². The van der Waals surface area contributed by atoms with Gasteiger partial charge in [0.1, 0.15) is 0 Å². The van der Waals surface area contributed by atoms with E-state index >= 15 is 0 Å². The molecule has 0 spiro atoms. The van der Waals surface area contributed by atoms with Crippen LogP contribution in [0.15, 0.2) is 24.3 Å². The fourth-order valence-corrected chi connectivity index (χ4v) is 2.88. The number of anilines is 1. The number of para-hydroxylation sites is 1. The summed E-state index contributed by atoms with van der Waals surface area (Å²) in [6.07, 6.45) is 0.154. The first kappa shape index (κ1) is 18.9. The molecular weight excluding hydrogens is 324 g/mol. The average molecular weight is 348 g/mol. The van der Waals surface area contributed by atoms with Crippen LogP contribution in [0.25, 0.3) is 0 Å². The second kappa shape index (κ2) is 8.62. The van der Waals surface area contributed by atoms with E-state index in [1.54, 1.807) is 43.2 Å². The predicted octanol–water partition coefficient (Wildman–Crippen LogP) is 1.69. The SMILES string of the molecule is CCOC(=O)c1ccccc1NC(=O)[C@H]1CC(=O)N([C@H](C)COC)C1. The number of nitrogens with one attached hydrogen (secondary N) is 1. The number of nitrogens with zero attached hydrogens (tertiary/aromatic N) is 1. The van der Waals surface area contributed by atoms with Crippen LogP contribution in [0.4, 0.5) is 5.69 Å². The molecule has 2 rings (SSSR count). The Morgan fingerprint density at radius 3 is 2.76 bits per heavy atom. The molecule has 1 aliphatic heterocycles. The summed E-state index contributed by atoms with van der Waals surface area (Å²) in [5.74, 6) is -1.29. The molecule has 1 aliphatic rings. The maximum absolute atomic E-state index is 12.5. The van der Waals surface area contributed by atoms with Gasteiger partial charge in [-0.05, 0) is 26.0 Å². The number of hydrogen-bond acceptors (Lipinski definition) is 5. The standard InChI is InChI=1S/C18H24N2O5/c1-4-25-18(23)14-7-5-6-8-15(14)19-17(22)13-9-16(21)20(10-13)12(2)11-24-3/h5-8,12-13H,4,9-11H2,1-3H3,(H,19,22)/t12-,13+/m1/s1. The lowest BCUT2D eigenvalue weighted by atomic mass is 10.1. The molecule has 2 amide bonds. The third-order valence-electron chi connectivity index (χ3n) is 4.15. The van der Waals surface area contributed by atoms with Crippen LogP contribution in [0.3, 0.4) is 0 Å². The molecule has 1 aromatic rings. The highest BCUT2D eigenvalue weighted by atomic mass is 16.5. The number of ether oxygens (including phenoxy) is 2. The fourth-order valence-electron chi connectivity index (χ4n) is 2.88. The molecular formula is C18H24N2O5. The summed E-state index contributed by atoms with van der Waals surface area (Å²) in [5.41, 5.74) is 0.688. The molecule has 7 nitrogen and oxygen atoms in total. The highest BCUT2D eigenvalue weighted by molar-refractivity contribution is 6.03. The molecule has 7 heteroatoms. The van der Waals surface area contributed by atoms with Crippen molar-refractivity contribution < 1.29 is 23.9 Å². The smallest absolute Gasteiger partial charge is 0.340 e. The second-order valence-corrected chi connectivity index (χ2v) is 6.01. The summed E-state index contributed by atoms with van der Waals surface area (Å²) < 4.78 is 10.1. The van der Waals surface area contributed by atoms with Gasteiger partial charge in [0.05, 0.1) is 36.4 Å². The van der Waals surface area contributed by atoms with Gasteiger partial charge in [-0.15, -0.1) is 0 Å². The Balaban J connectivity index is 2.06. The van der Waals surface area contributed by atoms with Crippen LogP contribution < -0.4 is 5.32 Å². The van der Waals surface area contributed by atoms with Gasteiger partial charge in [-0.1, -0.05) is 12.1 Å². The number of likely N-dealkylation sites (tertiary alicyclic amines) is 1. The van der Waals surface area contributed by atoms with Crippen LogP contribution in [0, 0.1) is 5.92 Å². The Morgan fingerprint density at radius 1 is 1.36 bits per heavy atom. The third-order valence-corrected chi connectivity index (χ3v) is 4.15. The van der Waals surface area contributed by atoms with E-state index in [-0.39, 0.29) is 30.9 Å². The van der Waals surface area contributed by atoms with Crippen LogP contribution in [0.1, 0.15) is 30.6 Å². The van der Waals surface area contributed by atoms with Crippen molar-refractivity contribution in [3.8, 4) is 0 Å². The zero-order valence-electron chi connectivity index (χ0n) is 14.8. The van der Waals surface area contributed by atoms with Gasteiger partial charge in [0.2, 0.25) is 11.8 Å². The summed E-state index contributed by atoms with van der Waals surface area (Å²) in [6, 6.07) is 6.59. The van der Waals surface area contributed by atoms with Gasteiger partial charge in [0.25, 0.3) is 0 Å². The lowest BCUT2D eigenvalue weighted by molar-refractivity contribution is -0.130. The van der Waals surface area contributed by atoms with E-state index in [0.717, 1.165) is 0 Å². The zero-order chi connectivity index (χ0) is 18.4. The number of carbonyl (C=O) groups excluding carboxylic acids is 3. The molecule has 136 valence electrons. The Hall–Kier alpha value is -2.41. The minimum atomic E-state index is -0.490. The van der Waals surface area contributed by atoms with E-state index in [2.05, 4.69) is 5.32 Å². The van der Waals surface area contributed by atoms with E-state index in [9.17, 15) is 14.4 Å². The first-order valence-electron chi connectivity index (χ1n) is 8.33. The number of rotatable bonds is 7. The maximum atomic E-state index is 12.5. The Bertz CT molecular complexity index is 646. The first-order valence-corrected chi connectivity index (χ1v) is 8.33. The molecule has 1 aromatic carbocycles. The average Bonchev–Trinajstić information content (AvgIpc) is 2.98. The summed E-state index contributed by atoms with van der Waals surface area (Å²) in [5, 5.41) is 2.75. The van der Waals surface area contributed by atoms with E-state index < -0.39 is 11.9 Å². The predicted molar refractivity (Wildman–Crippen MR) is 92.2 cm³/mol. The second-order valence-electron chi connectivity index (χ2n) is 6.01. The zero-order valence-corrected chi connectivity index (χ0v) is 14.8. The highest BCUT2D eigenvalue weighted by Crippen LogP contribution is 2.23. The number of hydrogen-bond donors (Lipinski definition) is 1. The number of carbonyl (C=O) groups is 3. The van der Waals surface area contributed by atoms with E-state index in [0.29, 0.717) is 24.4 Å². The van der Waals surface area contributed by atoms with Crippen LogP contribution in [0.5, 0.6) is 0 Å². The molecule has 0 saturated carbocycles. The van der Waals surface area contributed by atoms with Crippen LogP contribution in [0.2, 0.25) is 0 Å². The van der Waals surface area contributed by atoms with E-state index in [4.69, 9.17) is 9.47 Å². The number of benzene rings is 1. The molecule has 1 saturated heterocycles. The van der Waals surface area contributed by atoms with Gasteiger partial charge in [-0.2, -0.15) is 0 Å². The molecule has 0 aromatic heterocycles. The number of esters is 1. The molecule has 0 radical (unpaired) electrons. The summed E-state index contributed by atoms with van der Waals surface area (Å²) >= 11 is 0. The number of methoxy groups -OCH3 is 1. The van der Waals surface area contributed by atoms with Gasteiger partial charge < -0.3 is 19.7 Å². The van der Waals surface area contributed by atoms with Gasteiger partial charge in [-0.3, -0.25) is 9.59 Å². The Labute approximate surface area is 147 Å². The van der Waals surface area contributed by atoms with Gasteiger partial charge in [0, 0.05) is 20.1 Å². The summed E-state index contributed by atoms with van der Waals surface area (Å²) in [7, 11) is 1.58. The fraction of sp³-hybridized carbons (Fsp3) is 0.500. The van der Waals surface area contributed by atoms with E-state index in [1.165, 1.54) is 0 Å². The number of amides is 2. The van der Waals surface area contributed by atoms with Crippen molar-refractivity contribution in [3.05, 3.63) is 29.8 Å². The van der Waals surface area contributed by atoms with Crippen LogP contribution in [-0.2, 0) is 19.1 Å². The largest absolute Gasteiger partial charge is 0.462 e. The lowest BCUT2D eigenvalue weighted by Crippen LogP contribution is -2.38. The monoisotopic (exact) mass is 348 g/mol. The first-order chi connectivity index (χ1) is 12.0. The molecule has 1 heterocycles. The van der Waals surface area contributed by atoms with E-state index in [1.807, 2.05) is 6.92 Å². The molecule has 0 unspecified atom stereocenters. The third kappa shape index (κ3) is 4.57. The molecule has 2 atom stereocenters. The topological polar surface area (TPSA) is 84.9 Å². The minimum absolute atomic E-state index is 0.0663. The van der Waals surface area contributed by atoms with Gasteiger partial charge >= 0.3 is 5.97 Å². The normalized spacial score (nSPS) is 18.1. The summed E-state index contributed by atoms with van der Waals surface area (Å²) in [6.45, 7) is 4.63. The van der Waals surface area contributed by atoms with Crippen molar-refractivity contribution in [3.63, 3.8) is 0 Å². The lowest BCUT2D eigenvalue weighted by Gasteiger charge is -2.24. The molecule has 0 bridgehead atoms. The molecule has 1 N–H and O–H groups in total. The maximum Gasteiger partial charge on any atom is 0.340 e. The highest BCUT2D eigenvalue weighted by Gasteiger charge is 2.36. The van der Waals surface area contributed by atoms with Crippen LogP contribution in [-0.4, -0.2) is 55.6 Å². The molecule has 0 aliphatic carbocycles. The van der Waals surface area contributed by atoms with Crippen LogP contribution >= 0.6 is 0 Å². The van der Waals surface area contributed by atoms with Crippen molar-refractivity contribution >= 4 is 23.5 Å². The van der Waals surface area contributed by atoms with Gasteiger partial charge in [0.15, 0.2) is 0 Å². The summed E-state index contributed by atoms with van der Waals surface area (Å²) in [4.78, 5) is 38.3. The molecule has 1 fully saturated rings. The van der Waals surface area contributed by atoms with Crippen molar-refractivity contribution in [2.75, 3.05) is 32.2 Å². The van der Waals surface area contributed by atoms with Crippen molar-refractivity contribution in [1.29, 1.82) is 0 Å².